The predicted molar refractivity (Wildman–Crippen MR) is 46.4 cm³/mol. The Morgan fingerprint density at radius 2 is 2.25 bits per heavy atom. The molecule has 3 heteroatoms. The molecule has 0 fully saturated rings. The Morgan fingerprint density at radius 3 is 2.75 bits per heavy atom. The van der Waals surface area contributed by atoms with Crippen LogP contribution in [0.15, 0.2) is 18.2 Å². The topological polar surface area (TPSA) is 4.36 Å². The van der Waals surface area contributed by atoms with Gasteiger partial charge in [0.15, 0.2) is 0 Å². The summed E-state index contributed by atoms with van der Waals surface area (Å²) >= 11 is 5.55. The van der Waals surface area contributed by atoms with Gasteiger partial charge in [-0.25, -0.2) is 11.0 Å². The highest BCUT2D eigenvalue weighted by molar-refractivity contribution is 6.30. The van der Waals surface area contributed by atoms with Crippen molar-refractivity contribution in [1.29, 1.82) is 0 Å². The Bertz CT molecular complexity index is 330. The molecule has 0 aliphatic carbocycles. The van der Waals surface area contributed by atoms with E-state index < -0.39 is 11.9 Å². The van der Waals surface area contributed by atoms with E-state index in [0.29, 0.717) is 10.6 Å². The smallest absolute Gasteiger partial charge is 0.248 e. The maximum absolute atomic E-state index is 13.1. The summed E-state index contributed by atoms with van der Waals surface area (Å²) in [4.78, 5) is 3.22. The molecular formula is C9H7ClFN. The van der Waals surface area contributed by atoms with Crippen molar-refractivity contribution < 1.29 is 4.39 Å². The SMILES string of the molecule is [C-]#[N+]C(C)c1ccc(Cl)cc1F. The molecule has 0 bridgehead atoms. The molecule has 0 spiro atoms. The van der Waals surface area contributed by atoms with Crippen molar-refractivity contribution in [2.45, 2.75) is 13.0 Å². The molecule has 1 rings (SSSR count). The Balaban J connectivity index is 3.11. The van der Waals surface area contributed by atoms with Gasteiger partial charge < -0.3 is 4.85 Å². The van der Waals surface area contributed by atoms with Crippen LogP contribution in [-0.4, -0.2) is 0 Å². The molecule has 62 valence electrons. The van der Waals surface area contributed by atoms with E-state index >= 15 is 0 Å². The fraction of sp³-hybridized carbons (Fsp3) is 0.222. The van der Waals surface area contributed by atoms with Crippen molar-refractivity contribution in [3.8, 4) is 0 Å². The first-order valence-electron chi connectivity index (χ1n) is 3.46. The predicted octanol–water partition coefficient (Wildman–Crippen LogP) is 3.46. The summed E-state index contributed by atoms with van der Waals surface area (Å²) in [5.74, 6) is -0.411. The van der Waals surface area contributed by atoms with Crippen LogP contribution in [0.2, 0.25) is 5.02 Å². The largest absolute Gasteiger partial charge is 0.309 e. The quantitative estimate of drug-likeness (QED) is 0.588. The minimum absolute atomic E-state index is 0.355. The molecule has 12 heavy (non-hydrogen) atoms. The summed E-state index contributed by atoms with van der Waals surface area (Å²) in [5.41, 5.74) is 0.398. The van der Waals surface area contributed by atoms with Crippen molar-refractivity contribution in [1.82, 2.24) is 0 Å². The van der Waals surface area contributed by atoms with E-state index in [4.69, 9.17) is 18.2 Å². The first kappa shape index (κ1) is 9.02. The number of benzene rings is 1. The van der Waals surface area contributed by atoms with Crippen LogP contribution in [0, 0.1) is 12.4 Å². The van der Waals surface area contributed by atoms with Gasteiger partial charge in [-0.1, -0.05) is 11.6 Å². The van der Waals surface area contributed by atoms with E-state index in [2.05, 4.69) is 4.85 Å². The molecule has 1 unspecified atom stereocenters. The summed E-state index contributed by atoms with van der Waals surface area (Å²) in [5, 5.41) is 0.355. The first-order chi connectivity index (χ1) is 5.65. The molecule has 1 atom stereocenters. The zero-order valence-corrected chi connectivity index (χ0v) is 7.27. The number of hydrogen-bond acceptors (Lipinski definition) is 0. The van der Waals surface area contributed by atoms with Gasteiger partial charge in [0.25, 0.3) is 0 Å². The summed E-state index contributed by atoms with van der Waals surface area (Å²) in [7, 11) is 0. The second-order valence-corrected chi connectivity index (χ2v) is 2.91. The first-order valence-corrected chi connectivity index (χ1v) is 3.84. The Labute approximate surface area is 75.6 Å². The monoisotopic (exact) mass is 183 g/mol. The highest BCUT2D eigenvalue weighted by Gasteiger charge is 2.13. The maximum Gasteiger partial charge on any atom is 0.248 e. The number of hydrogen-bond donors (Lipinski definition) is 0. The average Bonchev–Trinajstić information content (AvgIpc) is 2.03. The molecule has 0 saturated carbocycles. The van der Waals surface area contributed by atoms with Crippen LogP contribution >= 0.6 is 11.6 Å². The fourth-order valence-corrected chi connectivity index (χ4v) is 1.07. The zero-order valence-electron chi connectivity index (χ0n) is 6.51. The van der Waals surface area contributed by atoms with Gasteiger partial charge in [-0.15, -0.1) is 0 Å². The number of rotatable bonds is 1. The standard InChI is InChI=1S/C9H7ClFN/c1-6(12-2)8-4-3-7(10)5-9(8)11/h3-6H,1H3. The highest BCUT2D eigenvalue weighted by atomic mass is 35.5. The van der Waals surface area contributed by atoms with Crippen molar-refractivity contribution in [2.24, 2.45) is 0 Å². The van der Waals surface area contributed by atoms with Crippen molar-refractivity contribution in [2.75, 3.05) is 0 Å². The zero-order chi connectivity index (χ0) is 9.14. The van der Waals surface area contributed by atoms with Crippen LogP contribution in [-0.2, 0) is 0 Å². The number of halogens is 2. The molecule has 0 aliphatic rings. The van der Waals surface area contributed by atoms with Crippen molar-refractivity contribution in [3.63, 3.8) is 0 Å². The lowest BCUT2D eigenvalue weighted by Crippen LogP contribution is -1.91. The third kappa shape index (κ3) is 1.75. The summed E-state index contributed by atoms with van der Waals surface area (Å²) in [6, 6.07) is 3.91. The van der Waals surface area contributed by atoms with Gasteiger partial charge in [0, 0.05) is 11.9 Å². The van der Waals surface area contributed by atoms with E-state index in [1.54, 1.807) is 19.1 Å². The lowest BCUT2D eigenvalue weighted by atomic mass is 10.1. The molecule has 1 nitrogen and oxygen atoms in total. The molecule has 0 saturated heterocycles. The van der Waals surface area contributed by atoms with Crippen LogP contribution in [0.5, 0.6) is 0 Å². The lowest BCUT2D eigenvalue weighted by molar-refractivity contribution is 0.605. The number of nitrogens with zero attached hydrogens (tertiary/aromatic N) is 1. The molecule has 1 aromatic rings. The van der Waals surface area contributed by atoms with Gasteiger partial charge in [-0.3, -0.25) is 0 Å². The summed E-state index contributed by atoms with van der Waals surface area (Å²) in [6.07, 6.45) is 0. The minimum Gasteiger partial charge on any atom is -0.309 e. The van der Waals surface area contributed by atoms with Crippen molar-refractivity contribution >= 4 is 11.6 Å². The van der Waals surface area contributed by atoms with Gasteiger partial charge in [-0.05, 0) is 18.2 Å². The van der Waals surface area contributed by atoms with Crippen LogP contribution in [0.1, 0.15) is 18.5 Å². The van der Waals surface area contributed by atoms with Gasteiger partial charge in [0.1, 0.15) is 5.82 Å². The second kappa shape index (κ2) is 3.55. The second-order valence-electron chi connectivity index (χ2n) is 2.47. The van der Waals surface area contributed by atoms with Gasteiger partial charge in [0.2, 0.25) is 6.04 Å². The van der Waals surface area contributed by atoms with E-state index in [0.717, 1.165) is 0 Å². The minimum atomic E-state index is -0.442. The molecular weight excluding hydrogens is 177 g/mol. The van der Waals surface area contributed by atoms with Crippen LogP contribution in [0.25, 0.3) is 4.85 Å². The summed E-state index contributed by atoms with van der Waals surface area (Å²) < 4.78 is 13.1. The fourth-order valence-electron chi connectivity index (χ4n) is 0.910. The van der Waals surface area contributed by atoms with E-state index in [-0.39, 0.29) is 0 Å². The molecule has 0 amide bonds. The maximum atomic E-state index is 13.1. The van der Waals surface area contributed by atoms with Gasteiger partial charge in [-0.2, -0.15) is 0 Å². The van der Waals surface area contributed by atoms with Crippen LogP contribution < -0.4 is 0 Å². The Hall–Kier alpha value is -1.07. The normalized spacial score (nSPS) is 12.2. The summed E-state index contributed by atoms with van der Waals surface area (Å²) in [6.45, 7) is 8.37. The highest BCUT2D eigenvalue weighted by Crippen LogP contribution is 2.22. The molecule has 1 aromatic carbocycles. The Kier molecular flexibility index (Phi) is 2.67. The van der Waals surface area contributed by atoms with E-state index in [1.807, 2.05) is 0 Å². The van der Waals surface area contributed by atoms with Gasteiger partial charge in [0.05, 0.1) is 5.56 Å². The molecule has 0 N–H and O–H groups in total. The third-order valence-electron chi connectivity index (χ3n) is 1.61. The van der Waals surface area contributed by atoms with Crippen molar-refractivity contribution in [3.05, 3.63) is 46.0 Å². The molecule has 0 aliphatic heterocycles. The van der Waals surface area contributed by atoms with Crippen LogP contribution in [0.4, 0.5) is 4.39 Å². The molecule has 0 radical (unpaired) electrons. The molecule has 0 aromatic heterocycles. The van der Waals surface area contributed by atoms with E-state index in [9.17, 15) is 4.39 Å². The Morgan fingerprint density at radius 1 is 1.58 bits per heavy atom. The third-order valence-corrected chi connectivity index (χ3v) is 1.84. The van der Waals surface area contributed by atoms with Crippen LogP contribution in [0.3, 0.4) is 0 Å². The lowest BCUT2D eigenvalue weighted by Gasteiger charge is -2.00. The van der Waals surface area contributed by atoms with Gasteiger partial charge >= 0.3 is 0 Å². The average molecular weight is 184 g/mol. The van der Waals surface area contributed by atoms with E-state index in [1.165, 1.54) is 6.07 Å². The molecule has 0 heterocycles.